The molecule has 29 heavy (non-hydrogen) atoms. The molecule has 3 aromatic heterocycles. The van der Waals surface area contributed by atoms with Crippen molar-refractivity contribution in [1.82, 2.24) is 19.3 Å². The predicted octanol–water partition coefficient (Wildman–Crippen LogP) is 4.64. The molecular formula is C23H26N4O2. The Morgan fingerprint density at radius 3 is 2.66 bits per heavy atom. The van der Waals surface area contributed by atoms with Crippen molar-refractivity contribution in [3.8, 4) is 17.2 Å². The standard InChI is InChI=1S/C23H26N4O2/c1-5-28-21-11-7-6-10-18(21)23-25-19(17(3)29-23)14-26(4)15-20-16(2)24-22-12-8-9-13-27(20)22/h6-13H,5,14-15H2,1-4H3. The Hall–Kier alpha value is -3.12. The van der Waals surface area contributed by atoms with Gasteiger partial charge in [0, 0.05) is 19.3 Å². The molecule has 3 heterocycles. The van der Waals surface area contributed by atoms with Gasteiger partial charge in [-0.15, -0.1) is 0 Å². The Morgan fingerprint density at radius 2 is 1.83 bits per heavy atom. The number of para-hydroxylation sites is 1. The van der Waals surface area contributed by atoms with Gasteiger partial charge >= 0.3 is 0 Å². The molecule has 0 aliphatic rings. The number of aromatic nitrogens is 3. The van der Waals surface area contributed by atoms with Crippen LogP contribution in [0.25, 0.3) is 17.1 Å². The molecule has 4 aromatic rings. The average Bonchev–Trinajstić information content (AvgIpc) is 3.22. The summed E-state index contributed by atoms with van der Waals surface area (Å²) < 4.78 is 13.9. The van der Waals surface area contributed by atoms with Crippen LogP contribution in [0.1, 0.15) is 29.8 Å². The summed E-state index contributed by atoms with van der Waals surface area (Å²) in [5.74, 6) is 2.21. The monoisotopic (exact) mass is 390 g/mol. The zero-order chi connectivity index (χ0) is 20.4. The molecule has 0 aliphatic carbocycles. The quantitative estimate of drug-likeness (QED) is 0.460. The van der Waals surface area contributed by atoms with Crippen LogP contribution >= 0.6 is 0 Å². The van der Waals surface area contributed by atoms with Crippen LogP contribution in [-0.4, -0.2) is 32.9 Å². The van der Waals surface area contributed by atoms with Gasteiger partial charge in [0.2, 0.25) is 5.89 Å². The number of oxazole rings is 1. The number of hydrogen-bond acceptors (Lipinski definition) is 5. The second-order valence-corrected chi connectivity index (χ2v) is 7.20. The maximum Gasteiger partial charge on any atom is 0.230 e. The highest BCUT2D eigenvalue weighted by Crippen LogP contribution is 2.31. The Morgan fingerprint density at radius 1 is 1.03 bits per heavy atom. The minimum absolute atomic E-state index is 0.598. The van der Waals surface area contributed by atoms with Gasteiger partial charge in [-0.3, -0.25) is 4.90 Å². The van der Waals surface area contributed by atoms with Gasteiger partial charge in [-0.2, -0.15) is 0 Å². The number of fused-ring (bicyclic) bond motifs is 1. The lowest BCUT2D eigenvalue weighted by molar-refractivity contribution is 0.308. The number of nitrogens with zero attached hydrogens (tertiary/aromatic N) is 4. The van der Waals surface area contributed by atoms with Gasteiger partial charge < -0.3 is 13.6 Å². The van der Waals surface area contributed by atoms with E-state index in [1.54, 1.807) is 0 Å². The summed E-state index contributed by atoms with van der Waals surface area (Å²) in [4.78, 5) is 11.6. The van der Waals surface area contributed by atoms with Gasteiger partial charge in [0.1, 0.15) is 17.2 Å². The third-order valence-corrected chi connectivity index (χ3v) is 4.98. The molecule has 0 unspecified atom stereocenters. The van der Waals surface area contributed by atoms with Crippen molar-refractivity contribution in [3.05, 3.63) is 71.5 Å². The van der Waals surface area contributed by atoms with Gasteiger partial charge in [-0.1, -0.05) is 18.2 Å². The van der Waals surface area contributed by atoms with E-state index >= 15 is 0 Å². The molecule has 1 aromatic carbocycles. The summed E-state index contributed by atoms with van der Waals surface area (Å²) >= 11 is 0. The lowest BCUT2D eigenvalue weighted by Crippen LogP contribution is -2.19. The topological polar surface area (TPSA) is 55.8 Å². The molecule has 0 radical (unpaired) electrons. The molecule has 0 amide bonds. The first-order chi connectivity index (χ1) is 14.1. The number of hydrogen-bond donors (Lipinski definition) is 0. The SMILES string of the molecule is CCOc1ccccc1-c1nc(CN(C)Cc2c(C)nc3ccccn23)c(C)o1. The van der Waals surface area contributed by atoms with Crippen LogP contribution in [0.3, 0.4) is 0 Å². The number of rotatable bonds is 7. The number of aryl methyl sites for hydroxylation is 2. The van der Waals surface area contributed by atoms with E-state index in [-0.39, 0.29) is 0 Å². The van der Waals surface area contributed by atoms with E-state index in [2.05, 4.69) is 34.5 Å². The first kappa shape index (κ1) is 19.2. The smallest absolute Gasteiger partial charge is 0.230 e. The molecule has 6 nitrogen and oxygen atoms in total. The number of benzene rings is 1. The van der Waals surface area contributed by atoms with E-state index in [0.29, 0.717) is 19.0 Å². The Bertz CT molecular complexity index is 1130. The van der Waals surface area contributed by atoms with Crippen molar-refractivity contribution < 1.29 is 9.15 Å². The second-order valence-electron chi connectivity index (χ2n) is 7.20. The van der Waals surface area contributed by atoms with Crippen molar-refractivity contribution in [1.29, 1.82) is 0 Å². The summed E-state index contributed by atoms with van der Waals surface area (Å²) in [6.45, 7) is 8.05. The van der Waals surface area contributed by atoms with Gasteiger partial charge in [-0.05, 0) is 52.1 Å². The molecule has 150 valence electrons. The maximum atomic E-state index is 5.98. The Kier molecular flexibility index (Phi) is 5.36. The van der Waals surface area contributed by atoms with E-state index in [4.69, 9.17) is 14.1 Å². The molecule has 0 spiro atoms. The van der Waals surface area contributed by atoms with Gasteiger partial charge in [0.05, 0.1) is 29.3 Å². The highest BCUT2D eigenvalue weighted by molar-refractivity contribution is 5.63. The van der Waals surface area contributed by atoms with Gasteiger partial charge in [-0.25, -0.2) is 9.97 Å². The van der Waals surface area contributed by atoms with E-state index in [9.17, 15) is 0 Å². The molecule has 6 heteroatoms. The van der Waals surface area contributed by atoms with E-state index in [1.807, 2.05) is 56.3 Å². The summed E-state index contributed by atoms with van der Waals surface area (Å²) in [6, 6.07) is 13.9. The molecular weight excluding hydrogens is 364 g/mol. The fourth-order valence-electron chi connectivity index (χ4n) is 3.54. The lowest BCUT2D eigenvalue weighted by atomic mass is 10.2. The second kappa shape index (κ2) is 8.09. The van der Waals surface area contributed by atoms with Crippen molar-refractivity contribution in [2.45, 2.75) is 33.9 Å². The number of ether oxygens (including phenoxy) is 1. The zero-order valence-electron chi connectivity index (χ0n) is 17.3. The minimum Gasteiger partial charge on any atom is -0.493 e. The summed E-state index contributed by atoms with van der Waals surface area (Å²) in [5.41, 5.74) is 5.02. The van der Waals surface area contributed by atoms with Gasteiger partial charge in [0.15, 0.2) is 0 Å². The Balaban J connectivity index is 1.55. The van der Waals surface area contributed by atoms with E-state index < -0.39 is 0 Å². The van der Waals surface area contributed by atoms with Crippen LogP contribution in [0.4, 0.5) is 0 Å². The Labute approximate surface area is 170 Å². The molecule has 0 aliphatic heterocycles. The first-order valence-corrected chi connectivity index (χ1v) is 9.86. The number of pyridine rings is 1. The normalized spacial score (nSPS) is 11.5. The van der Waals surface area contributed by atoms with Crippen molar-refractivity contribution >= 4 is 5.65 Å². The molecule has 0 bridgehead atoms. The molecule has 4 rings (SSSR count). The first-order valence-electron chi connectivity index (χ1n) is 9.86. The number of imidazole rings is 1. The van der Waals surface area contributed by atoms with Gasteiger partial charge in [0.25, 0.3) is 0 Å². The highest BCUT2D eigenvalue weighted by Gasteiger charge is 2.17. The molecule has 0 saturated carbocycles. The summed E-state index contributed by atoms with van der Waals surface area (Å²) in [5, 5.41) is 0. The molecule has 0 atom stereocenters. The lowest BCUT2D eigenvalue weighted by Gasteiger charge is -2.15. The third kappa shape index (κ3) is 3.89. The fraction of sp³-hybridized carbons (Fsp3) is 0.304. The van der Waals surface area contributed by atoms with E-state index in [1.165, 1.54) is 5.69 Å². The fourth-order valence-corrected chi connectivity index (χ4v) is 3.54. The molecule has 0 fully saturated rings. The largest absolute Gasteiger partial charge is 0.493 e. The van der Waals surface area contributed by atoms with Crippen LogP contribution in [0.2, 0.25) is 0 Å². The minimum atomic E-state index is 0.598. The van der Waals surface area contributed by atoms with Crippen molar-refractivity contribution in [3.63, 3.8) is 0 Å². The maximum absolute atomic E-state index is 5.98. The summed E-state index contributed by atoms with van der Waals surface area (Å²) in [7, 11) is 2.09. The van der Waals surface area contributed by atoms with Crippen LogP contribution in [0.5, 0.6) is 5.75 Å². The van der Waals surface area contributed by atoms with E-state index in [0.717, 1.165) is 40.7 Å². The van der Waals surface area contributed by atoms with Crippen molar-refractivity contribution in [2.24, 2.45) is 0 Å². The van der Waals surface area contributed by atoms with Crippen LogP contribution < -0.4 is 4.74 Å². The van der Waals surface area contributed by atoms with Crippen molar-refractivity contribution in [2.75, 3.05) is 13.7 Å². The molecule has 0 N–H and O–H groups in total. The predicted molar refractivity (Wildman–Crippen MR) is 113 cm³/mol. The van der Waals surface area contributed by atoms with Crippen LogP contribution in [0.15, 0.2) is 53.1 Å². The summed E-state index contributed by atoms with van der Waals surface area (Å²) in [6.07, 6.45) is 2.06. The van der Waals surface area contributed by atoms with Crippen LogP contribution in [0, 0.1) is 13.8 Å². The highest BCUT2D eigenvalue weighted by atomic mass is 16.5. The zero-order valence-corrected chi connectivity index (χ0v) is 17.3. The third-order valence-electron chi connectivity index (χ3n) is 4.98. The average molecular weight is 390 g/mol. The van der Waals surface area contributed by atoms with Crippen LogP contribution in [-0.2, 0) is 13.1 Å². The molecule has 0 saturated heterocycles.